The van der Waals surface area contributed by atoms with Gasteiger partial charge in [-0.15, -0.1) is 0 Å². The minimum atomic E-state index is -7.12. The Morgan fingerprint density at radius 2 is 1.14 bits per heavy atom. The van der Waals surface area contributed by atoms with E-state index in [1.165, 1.54) is 0 Å². The van der Waals surface area contributed by atoms with E-state index in [0.29, 0.717) is 13.8 Å². The van der Waals surface area contributed by atoms with Crippen LogP contribution < -0.4 is 0 Å². The molecule has 0 aromatic rings. The molecule has 6 nitrogen and oxygen atoms in total. The van der Waals surface area contributed by atoms with Crippen LogP contribution in [0.1, 0.15) is 20.3 Å². The summed E-state index contributed by atoms with van der Waals surface area (Å²) in [5.74, 6) is -36.0. The standard InChI is InChI=1S/C14H14F8O6/c1-6(8(23)24)3-4-10(15,16)12(17,18)14(21,22)13(19,20)11(27,28)5-7(2)9(25)26/h3,5,27-28H,4H2,1-2H3,(H,23,24)(H,25,26). The van der Waals surface area contributed by atoms with Gasteiger partial charge in [0.15, 0.2) is 0 Å². The number of halogens is 8. The predicted molar refractivity (Wildman–Crippen MR) is 74.4 cm³/mol. The Bertz CT molecular complexity index is 696. The molecule has 0 unspecified atom stereocenters. The van der Waals surface area contributed by atoms with Crippen molar-refractivity contribution in [3.05, 3.63) is 23.3 Å². The largest absolute Gasteiger partial charge is 0.478 e. The molecule has 0 aromatic carbocycles. The van der Waals surface area contributed by atoms with Gasteiger partial charge in [-0.3, -0.25) is 0 Å². The van der Waals surface area contributed by atoms with Crippen molar-refractivity contribution in [1.29, 1.82) is 0 Å². The highest BCUT2D eigenvalue weighted by Gasteiger charge is 2.84. The van der Waals surface area contributed by atoms with Crippen LogP contribution in [0.3, 0.4) is 0 Å². The maximum atomic E-state index is 13.7. The zero-order valence-electron chi connectivity index (χ0n) is 14.0. The van der Waals surface area contributed by atoms with E-state index in [1.54, 1.807) is 0 Å². The SMILES string of the molecule is CC(=CCC(F)(F)C(F)(F)C(F)(F)C(F)(F)C(O)(O)C=C(C)C(=O)O)C(=O)O. The van der Waals surface area contributed by atoms with Crippen LogP contribution in [-0.4, -0.2) is 61.8 Å². The van der Waals surface area contributed by atoms with Crippen molar-refractivity contribution in [2.75, 3.05) is 0 Å². The molecule has 162 valence electrons. The summed E-state index contributed by atoms with van der Waals surface area (Å²) >= 11 is 0. The molecule has 14 heteroatoms. The van der Waals surface area contributed by atoms with Gasteiger partial charge in [0.25, 0.3) is 5.79 Å². The Morgan fingerprint density at radius 1 is 0.750 bits per heavy atom. The molecule has 0 bridgehead atoms. The lowest BCUT2D eigenvalue weighted by Crippen LogP contribution is -2.68. The van der Waals surface area contributed by atoms with Gasteiger partial charge < -0.3 is 20.4 Å². The van der Waals surface area contributed by atoms with E-state index < -0.39 is 65.1 Å². The van der Waals surface area contributed by atoms with Crippen molar-refractivity contribution in [3.8, 4) is 0 Å². The normalized spacial score (nSPS) is 15.6. The molecule has 0 aliphatic rings. The van der Waals surface area contributed by atoms with Crippen LogP contribution >= 0.6 is 0 Å². The average molecular weight is 430 g/mol. The van der Waals surface area contributed by atoms with Crippen LogP contribution in [0.15, 0.2) is 23.3 Å². The minimum absolute atomic E-state index is 0.121. The van der Waals surface area contributed by atoms with Gasteiger partial charge in [-0.1, -0.05) is 6.08 Å². The lowest BCUT2D eigenvalue weighted by atomic mass is 9.90. The molecule has 4 N–H and O–H groups in total. The molecule has 0 saturated heterocycles. The number of aliphatic carboxylic acids is 2. The number of hydrogen-bond donors (Lipinski definition) is 4. The summed E-state index contributed by atoms with van der Waals surface area (Å²) in [6, 6.07) is 0. The van der Waals surface area contributed by atoms with Gasteiger partial charge in [0, 0.05) is 17.6 Å². The van der Waals surface area contributed by atoms with Gasteiger partial charge in [0.05, 0.1) is 0 Å². The molecule has 0 heterocycles. The number of hydrogen-bond acceptors (Lipinski definition) is 4. The third kappa shape index (κ3) is 4.43. The highest BCUT2D eigenvalue weighted by molar-refractivity contribution is 5.86. The second-order valence-corrected chi connectivity index (χ2v) is 5.68. The Hall–Kier alpha value is -2.22. The summed E-state index contributed by atoms with van der Waals surface area (Å²) in [5, 5.41) is 34.9. The molecule has 0 aliphatic heterocycles. The molecule has 0 aliphatic carbocycles. The second-order valence-electron chi connectivity index (χ2n) is 5.68. The van der Waals surface area contributed by atoms with E-state index in [0.717, 1.165) is 0 Å². The van der Waals surface area contributed by atoms with E-state index in [1.807, 2.05) is 0 Å². The monoisotopic (exact) mass is 430 g/mol. The van der Waals surface area contributed by atoms with E-state index in [9.17, 15) is 44.7 Å². The van der Waals surface area contributed by atoms with Crippen molar-refractivity contribution in [2.24, 2.45) is 0 Å². The summed E-state index contributed by atoms with van der Waals surface area (Å²) in [6.07, 6.45) is -3.35. The zero-order valence-corrected chi connectivity index (χ0v) is 14.0. The predicted octanol–water partition coefficient (Wildman–Crippen LogP) is 2.66. The molecule has 0 aromatic heterocycles. The first-order valence-corrected chi connectivity index (χ1v) is 6.94. The highest BCUT2D eigenvalue weighted by atomic mass is 19.4. The second kappa shape index (κ2) is 7.66. The van der Waals surface area contributed by atoms with Crippen LogP contribution in [0.2, 0.25) is 0 Å². The molecule has 0 radical (unpaired) electrons. The third-order valence-electron chi connectivity index (χ3n) is 3.47. The van der Waals surface area contributed by atoms with Crippen LogP contribution in [0, 0.1) is 0 Å². The van der Waals surface area contributed by atoms with Gasteiger partial charge in [-0.2, -0.15) is 35.1 Å². The van der Waals surface area contributed by atoms with Gasteiger partial charge >= 0.3 is 35.6 Å². The van der Waals surface area contributed by atoms with Gasteiger partial charge in [-0.05, 0) is 19.9 Å². The van der Waals surface area contributed by atoms with E-state index in [-0.39, 0.29) is 6.08 Å². The molecule has 0 atom stereocenters. The number of aliphatic hydroxyl groups is 2. The first-order valence-electron chi connectivity index (χ1n) is 6.94. The van der Waals surface area contributed by atoms with Crippen molar-refractivity contribution < 1.29 is 65.1 Å². The topological polar surface area (TPSA) is 115 Å². The molecular formula is C14H14F8O6. The zero-order chi connectivity index (χ0) is 22.9. The number of alkyl halides is 8. The van der Waals surface area contributed by atoms with E-state index in [2.05, 4.69) is 0 Å². The molecule has 0 saturated carbocycles. The van der Waals surface area contributed by atoms with Crippen LogP contribution in [0.4, 0.5) is 35.1 Å². The number of carbonyl (C=O) groups is 2. The maximum absolute atomic E-state index is 13.7. The average Bonchev–Trinajstić information content (AvgIpc) is 2.50. The van der Waals surface area contributed by atoms with Gasteiger partial charge in [0.2, 0.25) is 0 Å². The van der Waals surface area contributed by atoms with Crippen LogP contribution in [0.5, 0.6) is 0 Å². The smallest absolute Gasteiger partial charge is 0.384 e. The summed E-state index contributed by atoms with van der Waals surface area (Å²) in [6.45, 7) is 1.04. The molecule has 0 amide bonds. The first-order chi connectivity index (χ1) is 12.2. The Labute approximate surface area is 151 Å². The number of carboxylic acids is 2. The fourth-order valence-corrected chi connectivity index (χ4v) is 1.61. The summed E-state index contributed by atoms with van der Waals surface area (Å²) in [7, 11) is 0. The molecular weight excluding hydrogens is 416 g/mol. The number of allylic oxidation sites excluding steroid dienone is 1. The Kier molecular flexibility index (Phi) is 7.05. The lowest BCUT2D eigenvalue weighted by molar-refractivity contribution is -0.413. The number of rotatable bonds is 9. The Balaban J connectivity index is 6.23. The van der Waals surface area contributed by atoms with Crippen molar-refractivity contribution >= 4 is 11.9 Å². The summed E-state index contributed by atoms with van der Waals surface area (Å²) in [5.41, 5.74) is -2.38. The summed E-state index contributed by atoms with van der Waals surface area (Å²) in [4.78, 5) is 20.9. The minimum Gasteiger partial charge on any atom is -0.478 e. The lowest BCUT2D eigenvalue weighted by Gasteiger charge is -2.40. The molecule has 28 heavy (non-hydrogen) atoms. The first kappa shape index (κ1) is 25.8. The molecule has 0 fully saturated rings. The Morgan fingerprint density at radius 3 is 1.50 bits per heavy atom. The van der Waals surface area contributed by atoms with E-state index >= 15 is 0 Å². The van der Waals surface area contributed by atoms with Crippen molar-refractivity contribution in [1.82, 2.24) is 0 Å². The molecule has 0 spiro atoms. The highest BCUT2D eigenvalue weighted by Crippen LogP contribution is 2.56. The third-order valence-corrected chi connectivity index (χ3v) is 3.47. The molecule has 0 rings (SSSR count). The van der Waals surface area contributed by atoms with Crippen LogP contribution in [0.25, 0.3) is 0 Å². The van der Waals surface area contributed by atoms with Crippen molar-refractivity contribution in [3.63, 3.8) is 0 Å². The van der Waals surface area contributed by atoms with Gasteiger partial charge in [0.1, 0.15) is 0 Å². The fraction of sp³-hybridized carbons (Fsp3) is 0.571. The quantitative estimate of drug-likeness (QED) is 0.254. The fourth-order valence-electron chi connectivity index (χ4n) is 1.61. The van der Waals surface area contributed by atoms with Crippen LogP contribution in [-0.2, 0) is 9.59 Å². The maximum Gasteiger partial charge on any atom is 0.384 e. The summed E-state index contributed by atoms with van der Waals surface area (Å²) < 4.78 is 109. The van der Waals surface area contributed by atoms with Crippen molar-refractivity contribution in [2.45, 2.75) is 49.7 Å². The van der Waals surface area contributed by atoms with Gasteiger partial charge in [-0.25, -0.2) is 9.59 Å². The number of carboxylic acid groups (broad SMARTS) is 2. The van der Waals surface area contributed by atoms with E-state index in [4.69, 9.17) is 20.4 Å².